The van der Waals surface area contributed by atoms with Crippen LogP contribution in [0.3, 0.4) is 0 Å². The lowest BCUT2D eigenvalue weighted by Crippen LogP contribution is -2.28. The summed E-state index contributed by atoms with van der Waals surface area (Å²) in [7, 11) is 0. The number of amides is 1. The maximum Gasteiger partial charge on any atom is 0.251 e. The third-order valence-electron chi connectivity index (χ3n) is 6.34. The average Bonchev–Trinajstić information content (AvgIpc) is 3.08. The molecule has 0 bridgehead atoms. The molecule has 3 rings (SSSR count). The molecule has 0 saturated heterocycles. The summed E-state index contributed by atoms with van der Waals surface area (Å²) in [6, 6.07) is 5.50. The number of aliphatic hydroxyl groups is 1. The number of fused-ring (bicyclic) bond motifs is 1. The number of benzene rings is 1. The molecule has 1 saturated carbocycles. The third-order valence-corrected chi connectivity index (χ3v) is 6.34. The van der Waals surface area contributed by atoms with Gasteiger partial charge in [0.05, 0.1) is 17.1 Å². The van der Waals surface area contributed by atoms with Crippen LogP contribution in [0.5, 0.6) is 0 Å². The van der Waals surface area contributed by atoms with Crippen LogP contribution in [0.1, 0.15) is 88.8 Å². The first-order valence-electron chi connectivity index (χ1n) is 11.8. The maximum absolute atomic E-state index is 13.6. The predicted octanol–water partition coefficient (Wildman–Crippen LogP) is 5.44. The van der Waals surface area contributed by atoms with Crippen LogP contribution in [-0.2, 0) is 12.0 Å². The number of nitrogens with one attached hydrogen (secondary N) is 1. The molecule has 1 aromatic heterocycles. The first-order valence-corrected chi connectivity index (χ1v) is 11.8. The molecule has 0 radical (unpaired) electrons. The van der Waals surface area contributed by atoms with Crippen LogP contribution >= 0.6 is 0 Å². The van der Waals surface area contributed by atoms with E-state index in [1.54, 1.807) is 12.1 Å². The molecule has 2 aromatic rings. The molecule has 1 amide bonds. The smallest absolute Gasteiger partial charge is 0.251 e. The highest BCUT2D eigenvalue weighted by Gasteiger charge is 2.35. The Morgan fingerprint density at radius 3 is 2.59 bits per heavy atom. The standard InChI is InChI=1S/C25H37F2N3O2/c1-5-6-19(31)11-14-28-22(32)18-7-8-21-20(15-18)29-23(24(2,3)4)30(21)16-17-9-12-25(26,27)13-10-17/h7-8,15,17,19,31H,5-6,9-14,16H2,1-4H3,(H,28,32). The second-order valence-corrected chi connectivity index (χ2v) is 10.3. The largest absolute Gasteiger partial charge is 0.393 e. The quantitative estimate of drug-likeness (QED) is 0.564. The highest BCUT2D eigenvalue weighted by atomic mass is 19.3. The van der Waals surface area contributed by atoms with Crippen molar-refractivity contribution < 1.29 is 18.7 Å². The van der Waals surface area contributed by atoms with Gasteiger partial charge in [0.25, 0.3) is 5.91 Å². The summed E-state index contributed by atoms with van der Waals surface area (Å²) in [5.41, 5.74) is 2.00. The number of nitrogens with zero attached hydrogens (tertiary/aromatic N) is 2. The van der Waals surface area contributed by atoms with Gasteiger partial charge in [0.1, 0.15) is 5.82 Å². The van der Waals surface area contributed by atoms with E-state index in [9.17, 15) is 18.7 Å². The van der Waals surface area contributed by atoms with E-state index >= 15 is 0 Å². The van der Waals surface area contributed by atoms with Crippen molar-refractivity contribution in [1.82, 2.24) is 14.9 Å². The lowest BCUT2D eigenvalue weighted by Gasteiger charge is -2.30. The number of hydrogen-bond donors (Lipinski definition) is 2. The van der Waals surface area contributed by atoms with Crippen molar-refractivity contribution in [3.8, 4) is 0 Å². The molecule has 32 heavy (non-hydrogen) atoms. The molecule has 1 aromatic carbocycles. The summed E-state index contributed by atoms with van der Waals surface area (Å²) in [5, 5.41) is 12.7. The lowest BCUT2D eigenvalue weighted by atomic mass is 9.86. The SMILES string of the molecule is CCCC(O)CCNC(=O)c1ccc2c(c1)nc(C(C)(C)C)n2CC1CCC(F)(F)CC1. The number of carbonyl (C=O) groups excluding carboxylic acids is 1. The van der Waals surface area contributed by atoms with Crippen molar-refractivity contribution in [2.75, 3.05) is 6.54 Å². The average molecular weight is 450 g/mol. The molecule has 1 heterocycles. The van der Waals surface area contributed by atoms with Gasteiger partial charge in [-0.3, -0.25) is 4.79 Å². The van der Waals surface area contributed by atoms with Crippen LogP contribution in [-0.4, -0.2) is 39.1 Å². The predicted molar refractivity (Wildman–Crippen MR) is 123 cm³/mol. The van der Waals surface area contributed by atoms with Crippen molar-refractivity contribution >= 4 is 16.9 Å². The number of aliphatic hydroxyl groups excluding tert-OH is 1. The molecule has 1 atom stereocenters. The van der Waals surface area contributed by atoms with E-state index < -0.39 is 12.0 Å². The molecule has 1 fully saturated rings. The van der Waals surface area contributed by atoms with Crippen molar-refractivity contribution in [2.24, 2.45) is 5.92 Å². The fourth-order valence-corrected chi connectivity index (χ4v) is 4.50. The maximum atomic E-state index is 13.6. The Hall–Kier alpha value is -2.02. The summed E-state index contributed by atoms with van der Waals surface area (Å²) in [6.07, 6.45) is 2.71. The number of hydrogen-bond acceptors (Lipinski definition) is 3. The topological polar surface area (TPSA) is 67.2 Å². The molecule has 1 aliphatic carbocycles. The van der Waals surface area contributed by atoms with Crippen LogP contribution in [0.4, 0.5) is 8.78 Å². The van der Waals surface area contributed by atoms with Gasteiger partial charge in [0, 0.05) is 36.9 Å². The second-order valence-electron chi connectivity index (χ2n) is 10.3. The number of aromatic nitrogens is 2. The first kappa shape index (κ1) is 24.6. The zero-order valence-corrected chi connectivity index (χ0v) is 19.8. The third kappa shape index (κ3) is 6.06. The van der Waals surface area contributed by atoms with Gasteiger partial charge in [-0.15, -0.1) is 0 Å². The van der Waals surface area contributed by atoms with Crippen LogP contribution in [0, 0.1) is 5.92 Å². The van der Waals surface area contributed by atoms with E-state index in [1.807, 2.05) is 13.0 Å². The van der Waals surface area contributed by atoms with Crippen LogP contribution in [0.25, 0.3) is 11.0 Å². The molecule has 7 heteroatoms. The van der Waals surface area contributed by atoms with Gasteiger partial charge < -0.3 is 15.0 Å². The summed E-state index contributed by atoms with van der Waals surface area (Å²) in [6.45, 7) is 9.39. The van der Waals surface area contributed by atoms with Crippen molar-refractivity contribution in [2.45, 2.75) is 96.6 Å². The molecule has 5 nitrogen and oxygen atoms in total. The van der Waals surface area contributed by atoms with Crippen LogP contribution in [0.15, 0.2) is 18.2 Å². The van der Waals surface area contributed by atoms with E-state index in [-0.39, 0.29) is 30.1 Å². The molecule has 2 N–H and O–H groups in total. The highest BCUT2D eigenvalue weighted by molar-refractivity contribution is 5.97. The number of carbonyl (C=O) groups is 1. The molecule has 0 spiro atoms. The molecular weight excluding hydrogens is 412 g/mol. The Morgan fingerprint density at radius 1 is 1.28 bits per heavy atom. The highest BCUT2D eigenvalue weighted by Crippen LogP contribution is 2.38. The van der Waals surface area contributed by atoms with E-state index in [0.29, 0.717) is 37.9 Å². The fourth-order valence-electron chi connectivity index (χ4n) is 4.50. The van der Waals surface area contributed by atoms with E-state index in [1.165, 1.54) is 0 Å². The number of alkyl halides is 2. The minimum atomic E-state index is -2.53. The van der Waals surface area contributed by atoms with Gasteiger partial charge >= 0.3 is 0 Å². The summed E-state index contributed by atoms with van der Waals surface area (Å²) >= 11 is 0. The van der Waals surface area contributed by atoms with Crippen LogP contribution < -0.4 is 5.32 Å². The summed E-state index contributed by atoms with van der Waals surface area (Å²) in [4.78, 5) is 17.4. The Labute approximate surface area is 189 Å². The number of rotatable bonds is 8. The van der Waals surface area contributed by atoms with Gasteiger partial charge in [-0.05, 0) is 49.8 Å². The number of halogens is 2. The van der Waals surface area contributed by atoms with Gasteiger partial charge in [-0.2, -0.15) is 0 Å². The summed E-state index contributed by atoms with van der Waals surface area (Å²) in [5.74, 6) is -1.61. The molecule has 1 unspecified atom stereocenters. The van der Waals surface area contributed by atoms with Crippen molar-refractivity contribution in [3.05, 3.63) is 29.6 Å². The van der Waals surface area contributed by atoms with Crippen molar-refractivity contribution in [1.29, 1.82) is 0 Å². The van der Waals surface area contributed by atoms with Gasteiger partial charge in [-0.1, -0.05) is 34.1 Å². The minimum Gasteiger partial charge on any atom is -0.393 e. The van der Waals surface area contributed by atoms with E-state index in [4.69, 9.17) is 4.98 Å². The Kier molecular flexibility index (Phi) is 7.58. The molecule has 1 aliphatic rings. The fraction of sp³-hybridized carbons (Fsp3) is 0.680. The van der Waals surface area contributed by atoms with Crippen molar-refractivity contribution in [3.63, 3.8) is 0 Å². The monoisotopic (exact) mass is 449 g/mol. The Morgan fingerprint density at radius 2 is 1.97 bits per heavy atom. The minimum absolute atomic E-state index is 0.0492. The molecule has 0 aliphatic heterocycles. The Bertz CT molecular complexity index is 923. The lowest BCUT2D eigenvalue weighted by molar-refractivity contribution is -0.0473. The zero-order chi connectivity index (χ0) is 23.5. The molecular formula is C25H37F2N3O2. The second kappa shape index (κ2) is 9.86. The van der Waals surface area contributed by atoms with E-state index in [0.717, 1.165) is 29.7 Å². The Balaban J connectivity index is 1.78. The summed E-state index contributed by atoms with van der Waals surface area (Å²) < 4.78 is 29.4. The van der Waals surface area contributed by atoms with Crippen LogP contribution in [0.2, 0.25) is 0 Å². The van der Waals surface area contributed by atoms with E-state index in [2.05, 4.69) is 30.7 Å². The molecule has 178 valence electrons. The van der Waals surface area contributed by atoms with Gasteiger partial charge in [0.2, 0.25) is 5.92 Å². The normalized spacial score (nSPS) is 18.1. The first-order chi connectivity index (χ1) is 15.0. The van der Waals surface area contributed by atoms with Gasteiger partial charge in [0.15, 0.2) is 0 Å². The van der Waals surface area contributed by atoms with Gasteiger partial charge in [-0.25, -0.2) is 13.8 Å². The zero-order valence-electron chi connectivity index (χ0n) is 19.8. The number of imidazole rings is 1.